The number of fused-ring (bicyclic) bond motifs is 1. The second-order valence-electron chi connectivity index (χ2n) is 5.09. The maximum atomic E-state index is 11.4. The molecule has 1 atom stereocenters. The molecule has 0 aromatic heterocycles. The Bertz CT molecular complexity index is 785. The summed E-state index contributed by atoms with van der Waals surface area (Å²) >= 11 is 3.47. The number of aldehydes is 1. The van der Waals surface area contributed by atoms with Gasteiger partial charge in [0.2, 0.25) is 0 Å². The molecule has 116 valence electrons. The number of hydrogen-bond donors (Lipinski definition) is 1. The molecule has 0 spiro atoms. The summed E-state index contributed by atoms with van der Waals surface area (Å²) < 4.78 is 6.58. The molecule has 0 radical (unpaired) electrons. The van der Waals surface area contributed by atoms with Gasteiger partial charge < -0.3 is 10.1 Å². The van der Waals surface area contributed by atoms with Crippen molar-refractivity contribution in [2.75, 3.05) is 5.32 Å². The predicted molar refractivity (Wildman–Crippen MR) is 95.3 cm³/mol. The number of nitrogens with one attached hydrogen (secondary N) is 1. The highest BCUT2D eigenvalue weighted by Crippen LogP contribution is 2.35. The lowest BCUT2D eigenvalue weighted by Gasteiger charge is -2.27. The smallest absolute Gasteiger partial charge is 0.294 e. The molecule has 0 bridgehead atoms. The first-order chi connectivity index (χ1) is 11.2. The van der Waals surface area contributed by atoms with E-state index in [9.17, 15) is 4.79 Å². The fraction of sp³-hybridized carbons (Fsp3) is 0.111. The Morgan fingerprint density at radius 2 is 2.00 bits per heavy atom. The average molecular weight is 371 g/mol. The van der Waals surface area contributed by atoms with E-state index in [1.54, 1.807) is 6.20 Å². The summed E-state index contributed by atoms with van der Waals surface area (Å²) in [5.74, 6) is 0. The first-order valence-electron chi connectivity index (χ1n) is 7.16. The number of carbonyl (C=O) groups excluding carboxylic acids is 1. The summed E-state index contributed by atoms with van der Waals surface area (Å²) in [6, 6.07) is 14.0. The van der Waals surface area contributed by atoms with Gasteiger partial charge in [-0.25, -0.2) is 4.99 Å². The van der Waals surface area contributed by atoms with Crippen molar-refractivity contribution in [1.82, 2.24) is 0 Å². The molecule has 0 saturated heterocycles. The fourth-order valence-corrected chi connectivity index (χ4v) is 2.76. The van der Waals surface area contributed by atoms with Crippen molar-refractivity contribution in [2.45, 2.75) is 13.0 Å². The van der Waals surface area contributed by atoms with Crippen molar-refractivity contribution in [3.8, 4) is 0 Å². The first-order valence-corrected chi connectivity index (χ1v) is 7.95. The van der Waals surface area contributed by atoms with Gasteiger partial charge >= 0.3 is 0 Å². The number of halogens is 1. The Morgan fingerprint density at radius 1 is 1.22 bits per heavy atom. The number of ether oxygens (including phenoxy) is 1. The Labute approximate surface area is 143 Å². The van der Waals surface area contributed by atoms with Gasteiger partial charge in [0.05, 0.1) is 5.69 Å². The van der Waals surface area contributed by atoms with Crippen molar-refractivity contribution in [3.05, 3.63) is 69.8 Å². The van der Waals surface area contributed by atoms with Crippen LogP contribution < -0.4 is 5.32 Å². The average Bonchev–Trinajstić information content (AvgIpc) is 2.58. The van der Waals surface area contributed by atoms with Crippen molar-refractivity contribution >= 4 is 40.0 Å². The minimum atomic E-state index is -0.660. The zero-order valence-electron chi connectivity index (χ0n) is 12.5. The lowest BCUT2D eigenvalue weighted by molar-refractivity contribution is -0.114. The minimum Gasteiger partial charge on any atom is -0.449 e. The van der Waals surface area contributed by atoms with E-state index in [1.807, 2.05) is 55.5 Å². The van der Waals surface area contributed by atoms with Gasteiger partial charge in [-0.3, -0.25) is 4.79 Å². The molecule has 2 aromatic rings. The third kappa shape index (κ3) is 3.35. The van der Waals surface area contributed by atoms with Gasteiger partial charge in [0.15, 0.2) is 12.4 Å². The number of benzene rings is 2. The number of hydrogen-bond acceptors (Lipinski definition) is 3. The minimum absolute atomic E-state index is 0.309. The van der Waals surface area contributed by atoms with Crippen LogP contribution in [-0.4, -0.2) is 12.3 Å². The molecule has 3 rings (SSSR count). The summed E-state index contributed by atoms with van der Waals surface area (Å²) in [5, 5.41) is 3.11. The zero-order chi connectivity index (χ0) is 16.2. The molecule has 0 fully saturated rings. The molecule has 23 heavy (non-hydrogen) atoms. The Kier molecular flexibility index (Phi) is 4.57. The van der Waals surface area contributed by atoms with E-state index >= 15 is 0 Å². The number of rotatable bonds is 3. The molecule has 1 aliphatic heterocycles. The third-order valence-corrected chi connectivity index (χ3v) is 4.45. The molecule has 0 saturated carbocycles. The zero-order valence-corrected chi connectivity index (χ0v) is 14.1. The topological polar surface area (TPSA) is 50.7 Å². The Balaban J connectivity index is 1.86. The van der Waals surface area contributed by atoms with Crippen LogP contribution in [0.2, 0.25) is 0 Å². The highest BCUT2D eigenvalue weighted by Gasteiger charge is 2.27. The van der Waals surface area contributed by atoms with Crippen LogP contribution in [0.1, 0.15) is 22.8 Å². The van der Waals surface area contributed by atoms with Crippen LogP contribution >= 0.6 is 15.9 Å². The van der Waals surface area contributed by atoms with Crippen LogP contribution in [0.25, 0.3) is 6.08 Å². The number of anilines is 1. The third-order valence-electron chi connectivity index (χ3n) is 3.60. The van der Waals surface area contributed by atoms with Gasteiger partial charge in [0, 0.05) is 16.2 Å². The van der Waals surface area contributed by atoms with Gasteiger partial charge in [0.1, 0.15) is 0 Å². The van der Waals surface area contributed by atoms with E-state index in [1.165, 1.54) is 0 Å². The standard InChI is InChI=1S/C18H15BrN2O2/c1-12-14(19)7-8-15-17(12)16(11-22)23-18(21-15)20-10-9-13-5-3-2-4-6-13/h2-11,16H,1H3,(H,20,21). The van der Waals surface area contributed by atoms with Crippen molar-refractivity contribution < 1.29 is 9.53 Å². The summed E-state index contributed by atoms with van der Waals surface area (Å²) in [4.78, 5) is 15.6. The molecule has 1 N–H and O–H groups in total. The summed E-state index contributed by atoms with van der Waals surface area (Å²) in [6.45, 7) is 1.95. The maximum absolute atomic E-state index is 11.4. The van der Waals surface area contributed by atoms with E-state index < -0.39 is 6.10 Å². The molecular weight excluding hydrogens is 356 g/mol. The van der Waals surface area contributed by atoms with Crippen LogP contribution in [0.15, 0.2) is 58.1 Å². The van der Waals surface area contributed by atoms with Crippen molar-refractivity contribution in [3.63, 3.8) is 0 Å². The van der Waals surface area contributed by atoms with E-state index in [0.717, 1.165) is 33.1 Å². The van der Waals surface area contributed by atoms with Crippen LogP contribution in [0, 0.1) is 6.92 Å². The van der Waals surface area contributed by atoms with Crippen LogP contribution in [0.5, 0.6) is 0 Å². The molecule has 0 aliphatic carbocycles. The molecule has 2 aromatic carbocycles. The quantitative estimate of drug-likeness (QED) is 0.811. The highest BCUT2D eigenvalue weighted by atomic mass is 79.9. The van der Waals surface area contributed by atoms with Gasteiger partial charge in [0.25, 0.3) is 6.02 Å². The monoisotopic (exact) mass is 370 g/mol. The van der Waals surface area contributed by atoms with Gasteiger partial charge in [-0.05, 0) is 36.3 Å². The van der Waals surface area contributed by atoms with Crippen molar-refractivity contribution in [2.24, 2.45) is 4.99 Å². The van der Waals surface area contributed by atoms with Crippen LogP contribution in [0.4, 0.5) is 5.69 Å². The highest BCUT2D eigenvalue weighted by molar-refractivity contribution is 9.10. The second kappa shape index (κ2) is 6.79. The van der Waals surface area contributed by atoms with Gasteiger partial charge in [-0.2, -0.15) is 0 Å². The second-order valence-corrected chi connectivity index (χ2v) is 5.95. The van der Waals surface area contributed by atoms with E-state index in [2.05, 4.69) is 26.2 Å². The Hall–Kier alpha value is -2.40. The fourth-order valence-electron chi connectivity index (χ4n) is 2.42. The summed E-state index contributed by atoms with van der Waals surface area (Å²) in [7, 11) is 0. The number of carbonyl (C=O) groups is 1. The SMILES string of the molecule is Cc1c(Br)ccc2c1C(C=O)OC(=NC=Cc1ccccc1)N2. The van der Waals surface area contributed by atoms with E-state index in [0.29, 0.717) is 6.02 Å². The summed E-state index contributed by atoms with van der Waals surface area (Å²) in [5.41, 5.74) is 3.69. The normalized spacial score (nSPS) is 18.3. The van der Waals surface area contributed by atoms with E-state index in [-0.39, 0.29) is 0 Å². The van der Waals surface area contributed by atoms with Crippen LogP contribution in [0.3, 0.4) is 0 Å². The lowest BCUT2D eigenvalue weighted by atomic mass is 10.0. The van der Waals surface area contributed by atoms with Gasteiger partial charge in [-0.1, -0.05) is 46.3 Å². The van der Waals surface area contributed by atoms with Crippen LogP contribution in [-0.2, 0) is 9.53 Å². The number of amidine groups is 1. The van der Waals surface area contributed by atoms with E-state index in [4.69, 9.17) is 4.74 Å². The number of nitrogens with zero attached hydrogens (tertiary/aromatic N) is 1. The molecule has 4 nitrogen and oxygen atoms in total. The molecule has 1 unspecified atom stereocenters. The maximum Gasteiger partial charge on any atom is 0.294 e. The molecule has 1 aliphatic rings. The molecule has 5 heteroatoms. The molecule has 1 heterocycles. The number of aliphatic imine (C=N–C) groups is 1. The summed E-state index contributed by atoms with van der Waals surface area (Å²) in [6.07, 6.45) is 3.65. The lowest BCUT2D eigenvalue weighted by Crippen LogP contribution is -2.27. The first kappa shape index (κ1) is 15.5. The molecule has 0 amide bonds. The molecular formula is C18H15BrN2O2. The Morgan fingerprint density at radius 3 is 2.74 bits per heavy atom. The largest absolute Gasteiger partial charge is 0.449 e. The van der Waals surface area contributed by atoms with Crippen molar-refractivity contribution in [1.29, 1.82) is 0 Å². The predicted octanol–water partition coefficient (Wildman–Crippen LogP) is 4.47. The van der Waals surface area contributed by atoms with Gasteiger partial charge in [-0.15, -0.1) is 0 Å².